The Morgan fingerprint density at radius 2 is 2.30 bits per heavy atom. The van der Waals surface area contributed by atoms with Crippen molar-refractivity contribution in [1.82, 2.24) is 4.31 Å². The SMILES string of the molecule is CNc1sc(S(=O)(=O)N2CCC(OC)C2)cc1[N+](=O)[O-]. The average Bonchev–Trinajstić information content (AvgIpc) is 3.05. The van der Waals surface area contributed by atoms with Crippen LogP contribution < -0.4 is 5.32 Å². The van der Waals surface area contributed by atoms with Crippen LogP contribution in [0.5, 0.6) is 0 Å². The number of hydrogen-bond acceptors (Lipinski definition) is 7. The van der Waals surface area contributed by atoms with Crippen LogP contribution in [0.25, 0.3) is 0 Å². The molecule has 10 heteroatoms. The largest absolute Gasteiger partial charge is 0.380 e. The van der Waals surface area contributed by atoms with Gasteiger partial charge in [-0.1, -0.05) is 11.3 Å². The standard InChI is InChI=1S/C10H15N3O5S2/c1-11-10-8(13(14)15)5-9(19-10)20(16,17)12-4-3-7(6-12)18-2/h5,7,11H,3-4,6H2,1-2H3. The summed E-state index contributed by atoms with van der Waals surface area (Å²) in [6.45, 7) is 0.640. The van der Waals surface area contributed by atoms with E-state index in [1.807, 2.05) is 0 Å². The van der Waals surface area contributed by atoms with Crippen molar-refractivity contribution >= 4 is 32.0 Å². The second kappa shape index (κ2) is 5.64. The first-order valence-corrected chi connectivity index (χ1v) is 8.14. The Labute approximate surface area is 120 Å². The molecule has 1 N–H and O–H groups in total. The minimum atomic E-state index is -3.70. The number of rotatable bonds is 5. The normalized spacial score (nSPS) is 20.2. The fourth-order valence-electron chi connectivity index (χ4n) is 2.04. The highest BCUT2D eigenvalue weighted by atomic mass is 32.2. The summed E-state index contributed by atoms with van der Waals surface area (Å²) in [5, 5.41) is 13.8. The molecule has 0 aliphatic carbocycles. The molecule has 0 saturated carbocycles. The number of ether oxygens (including phenoxy) is 1. The van der Waals surface area contributed by atoms with Gasteiger partial charge in [0.25, 0.3) is 10.0 Å². The van der Waals surface area contributed by atoms with E-state index >= 15 is 0 Å². The van der Waals surface area contributed by atoms with Crippen LogP contribution in [0.1, 0.15) is 6.42 Å². The first-order valence-electron chi connectivity index (χ1n) is 5.89. The molecule has 0 radical (unpaired) electrons. The van der Waals surface area contributed by atoms with Gasteiger partial charge in [-0.2, -0.15) is 4.31 Å². The van der Waals surface area contributed by atoms with Crippen LogP contribution >= 0.6 is 11.3 Å². The Balaban J connectivity index is 2.33. The maximum absolute atomic E-state index is 12.4. The Morgan fingerprint density at radius 1 is 1.60 bits per heavy atom. The van der Waals surface area contributed by atoms with Gasteiger partial charge in [0, 0.05) is 33.3 Å². The maximum atomic E-state index is 12.4. The van der Waals surface area contributed by atoms with Crippen LogP contribution in [-0.4, -0.2) is 51.0 Å². The highest BCUT2D eigenvalue weighted by molar-refractivity contribution is 7.91. The van der Waals surface area contributed by atoms with E-state index in [0.29, 0.717) is 13.0 Å². The van der Waals surface area contributed by atoms with Crippen LogP contribution in [0.2, 0.25) is 0 Å². The van der Waals surface area contributed by atoms with E-state index in [2.05, 4.69) is 5.32 Å². The molecule has 2 heterocycles. The van der Waals surface area contributed by atoms with Crippen LogP contribution in [-0.2, 0) is 14.8 Å². The maximum Gasteiger partial charge on any atom is 0.304 e. The number of nitro groups is 1. The van der Waals surface area contributed by atoms with Gasteiger partial charge < -0.3 is 10.1 Å². The van der Waals surface area contributed by atoms with Gasteiger partial charge in [-0.25, -0.2) is 8.42 Å². The summed E-state index contributed by atoms with van der Waals surface area (Å²) in [6.07, 6.45) is 0.505. The molecule has 20 heavy (non-hydrogen) atoms. The fourth-order valence-corrected chi connectivity index (χ4v) is 4.96. The molecule has 8 nitrogen and oxygen atoms in total. The summed E-state index contributed by atoms with van der Waals surface area (Å²) in [5.74, 6) is 0. The summed E-state index contributed by atoms with van der Waals surface area (Å²) in [4.78, 5) is 10.3. The second-order valence-electron chi connectivity index (χ2n) is 4.30. The molecule has 1 unspecified atom stereocenters. The van der Waals surface area contributed by atoms with Crippen molar-refractivity contribution in [3.8, 4) is 0 Å². The van der Waals surface area contributed by atoms with Crippen LogP contribution in [0.4, 0.5) is 10.7 Å². The van der Waals surface area contributed by atoms with Crippen LogP contribution in [0, 0.1) is 10.1 Å². The third-order valence-electron chi connectivity index (χ3n) is 3.15. The Morgan fingerprint density at radius 3 is 2.75 bits per heavy atom. The van der Waals surface area contributed by atoms with Crippen LogP contribution in [0.3, 0.4) is 0 Å². The molecule has 1 atom stereocenters. The van der Waals surface area contributed by atoms with Crippen molar-refractivity contribution in [2.24, 2.45) is 0 Å². The highest BCUT2D eigenvalue weighted by Crippen LogP contribution is 2.38. The zero-order valence-corrected chi connectivity index (χ0v) is 12.7. The molecule has 0 amide bonds. The predicted molar refractivity (Wildman–Crippen MR) is 74.7 cm³/mol. The predicted octanol–water partition coefficient (Wildman–Crippen LogP) is 1.11. The minimum Gasteiger partial charge on any atom is -0.380 e. The smallest absolute Gasteiger partial charge is 0.304 e. The average molecular weight is 321 g/mol. The third kappa shape index (κ3) is 2.64. The van der Waals surface area contributed by atoms with Gasteiger partial charge in [0.2, 0.25) is 0 Å². The molecular formula is C10H15N3O5S2. The van der Waals surface area contributed by atoms with Gasteiger partial charge in [-0.15, -0.1) is 0 Å². The number of methoxy groups -OCH3 is 1. The summed E-state index contributed by atoms with van der Waals surface area (Å²) in [7, 11) is -0.642. The van der Waals surface area contributed by atoms with Crippen molar-refractivity contribution in [3.05, 3.63) is 16.2 Å². The van der Waals surface area contributed by atoms with Crippen molar-refractivity contribution in [2.75, 3.05) is 32.6 Å². The Kier molecular flexibility index (Phi) is 4.28. The molecule has 0 aromatic carbocycles. The number of nitrogens with one attached hydrogen (secondary N) is 1. The molecule has 1 aromatic rings. The number of sulfonamides is 1. The number of anilines is 1. The second-order valence-corrected chi connectivity index (χ2v) is 7.51. The first-order chi connectivity index (χ1) is 9.40. The Bertz CT molecular complexity index is 612. The topological polar surface area (TPSA) is 102 Å². The van der Waals surface area contributed by atoms with Crippen molar-refractivity contribution < 1.29 is 18.1 Å². The fraction of sp³-hybridized carbons (Fsp3) is 0.600. The summed E-state index contributed by atoms with van der Waals surface area (Å²) in [6, 6.07) is 1.10. The van der Waals surface area contributed by atoms with E-state index in [1.165, 1.54) is 18.5 Å². The minimum absolute atomic E-state index is 0.0229. The lowest BCUT2D eigenvalue weighted by Gasteiger charge is -2.14. The third-order valence-corrected chi connectivity index (χ3v) is 6.60. The van der Waals surface area contributed by atoms with Gasteiger partial charge in [-0.05, 0) is 6.42 Å². The molecule has 112 valence electrons. The van der Waals surface area contributed by atoms with Crippen molar-refractivity contribution in [3.63, 3.8) is 0 Å². The van der Waals surface area contributed by atoms with Crippen LogP contribution in [0.15, 0.2) is 10.3 Å². The van der Waals surface area contributed by atoms with E-state index < -0.39 is 14.9 Å². The quantitative estimate of drug-likeness (QED) is 0.644. The summed E-state index contributed by atoms with van der Waals surface area (Å²) < 4.78 is 31.3. The number of hydrogen-bond donors (Lipinski definition) is 1. The van der Waals surface area contributed by atoms with Crippen molar-refractivity contribution in [1.29, 1.82) is 0 Å². The molecule has 1 aromatic heterocycles. The zero-order valence-electron chi connectivity index (χ0n) is 11.0. The lowest BCUT2D eigenvalue weighted by Crippen LogP contribution is -2.29. The molecule has 1 fully saturated rings. The zero-order chi connectivity index (χ0) is 14.9. The van der Waals surface area contributed by atoms with E-state index in [4.69, 9.17) is 4.74 Å². The van der Waals surface area contributed by atoms with E-state index in [1.54, 1.807) is 0 Å². The Hall–Kier alpha value is -1.23. The highest BCUT2D eigenvalue weighted by Gasteiger charge is 2.35. The summed E-state index contributed by atoms with van der Waals surface area (Å²) in [5.41, 5.74) is -0.224. The number of nitrogens with zero attached hydrogens (tertiary/aromatic N) is 2. The summed E-state index contributed by atoms with van der Waals surface area (Å²) >= 11 is 0.867. The monoisotopic (exact) mass is 321 g/mol. The molecule has 1 saturated heterocycles. The first kappa shape index (κ1) is 15.2. The van der Waals surface area contributed by atoms with E-state index in [0.717, 1.165) is 17.4 Å². The van der Waals surface area contributed by atoms with Crippen molar-refractivity contribution in [2.45, 2.75) is 16.7 Å². The lowest BCUT2D eigenvalue weighted by molar-refractivity contribution is -0.383. The molecule has 2 rings (SSSR count). The van der Waals surface area contributed by atoms with Gasteiger partial charge in [-0.3, -0.25) is 10.1 Å². The molecule has 0 spiro atoms. The van der Waals surface area contributed by atoms with Gasteiger partial charge in [0.1, 0.15) is 4.21 Å². The molecule has 0 bridgehead atoms. The van der Waals surface area contributed by atoms with E-state index in [-0.39, 0.29) is 27.5 Å². The number of thiophene rings is 1. The molecular weight excluding hydrogens is 306 g/mol. The van der Waals surface area contributed by atoms with E-state index in [9.17, 15) is 18.5 Å². The molecule has 1 aliphatic rings. The van der Waals surface area contributed by atoms with Gasteiger partial charge in [0.05, 0.1) is 11.0 Å². The van der Waals surface area contributed by atoms with Gasteiger partial charge in [0.15, 0.2) is 5.00 Å². The molecule has 1 aliphatic heterocycles. The van der Waals surface area contributed by atoms with Gasteiger partial charge >= 0.3 is 5.69 Å². The lowest BCUT2D eigenvalue weighted by atomic mass is 10.3.